The standard InChI is InChI=1S/C19H18FNO/c1-19(2)12-14-5-3-4-6-16(14)17(21-19)11-18(22)13-7-9-15(20)10-8-13/h3-11,21H,12H2,1-2H3/b17-11+. The zero-order valence-electron chi connectivity index (χ0n) is 12.7. The van der Waals surface area contributed by atoms with Crippen molar-refractivity contribution < 1.29 is 9.18 Å². The second kappa shape index (κ2) is 5.41. The van der Waals surface area contributed by atoms with Gasteiger partial charge in [0.2, 0.25) is 0 Å². The van der Waals surface area contributed by atoms with Crippen molar-refractivity contribution in [3.05, 3.63) is 77.1 Å². The Morgan fingerprint density at radius 2 is 1.82 bits per heavy atom. The summed E-state index contributed by atoms with van der Waals surface area (Å²) in [6, 6.07) is 13.7. The summed E-state index contributed by atoms with van der Waals surface area (Å²) in [5, 5.41) is 3.43. The van der Waals surface area contributed by atoms with Crippen molar-refractivity contribution >= 4 is 11.5 Å². The molecule has 0 bridgehead atoms. The van der Waals surface area contributed by atoms with Crippen LogP contribution in [0.15, 0.2) is 54.6 Å². The van der Waals surface area contributed by atoms with E-state index in [0.29, 0.717) is 5.56 Å². The molecule has 0 unspecified atom stereocenters. The number of allylic oxidation sites excluding steroid dienone is 1. The molecule has 0 fully saturated rings. The first-order valence-electron chi connectivity index (χ1n) is 7.33. The Labute approximate surface area is 129 Å². The van der Waals surface area contributed by atoms with Crippen LogP contribution in [-0.4, -0.2) is 11.3 Å². The van der Waals surface area contributed by atoms with Crippen LogP contribution in [0, 0.1) is 5.82 Å². The van der Waals surface area contributed by atoms with Gasteiger partial charge in [0, 0.05) is 28.4 Å². The second-order valence-corrected chi connectivity index (χ2v) is 6.27. The maximum absolute atomic E-state index is 13.0. The van der Waals surface area contributed by atoms with Gasteiger partial charge < -0.3 is 5.32 Å². The molecule has 0 aromatic heterocycles. The van der Waals surface area contributed by atoms with Gasteiger partial charge in [-0.1, -0.05) is 24.3 Å². The first kappa shape index (κ1) is 14.5. The van der Waals surface area contributed by atoms with E-state index in [2.05, 4.69) is 25.2 Å². The molecule has 2 aromatic rings. The molecule has 1 aliphatic heterocycles. The van der Waals surface area contributed by atoms with E-state index in [1.807, 2.05) is 18.2 Å². The average molecular weight is 295 g/mol. The van der Waals surface area contributed by atoms with E-state index in [0.717, 1.165) is 17.7 Å². The summed E-state index contributed by atoms with van der Waals surface area (Å²) < 4.78 is 13.0. The molecule has 0 aliphatic carbocycles. The number of carbonyl (C=O) groups is 1. The predicted molar refractivity (Wildman–Crippen MR) is 86.1 cm³/mol. The number of halogens is 1. The summed E-state index contributed by atoms with van der Waals surface area (Å²) >= 11 is 0. The lowest BCUT2D eigenvalue weighted by Crippen LogP contribution is -2.43. The van der Waals surface area contributed by atoms with Crippen LogP contribution >= 0.6 is 0 Å². The third kappa shape index (κ3) is 2.93. The van der Waals surface area contributed by atoms with Crippen LogP contribution in [0.3, 0.4) is 0 Å². The average Bonchev–Trinajstić information content (AvgIpc) is 2.46. The minimum Gasteiger partial charge on any atom is -0.379 e. The third-order valence-corrected chi connectivity index (χ3v) is 3.82. The number of benzene rings is 2. The summed E-state index contributed by atoms with van der Waals surface area (Å²) in [6.45, 7) is 4.22. The summed E-state index contributed by atoms with van der Waals surface area (Å²) in [5.74, 6) is -0.471. The maximum atomic E-state index is 13.0. The normalized spacial score (nSPS) is 17.7. The number of ketones is 1. The lowest BCUT2D eigenvalue weighted by Gasteiger charge is -2.35. The molecule has 0 saturated heterocycles. The molecule has 1 aliphatic rings. The number of fused-ring (bicyclic) bond motifs is 1. The van der Waals surface area contributed by atoms with E-state index in [4.69, 9.17) is 0 Å². The molecule has 3 rings (SSSR count). The molecular formula is C19H18FNO. The molecule has 1 heterocycles. The molecule has 1 N–H and O–H groups in total. The van der Waals surface area contributed by atoms with Crippen LogP contribution in [-0.2, 0) is 6.42 Å². The number of hydrogen-bond donors (Lipinski definition) is 1. The Bertz CT molecular complexity index is 744. The van der Waals surface area contributed by atoms with Crippen molar-refractivity contribution in [3.8, 4) is 0 Å². The minimum atomic E-state index is -0.341. The highest BCUT2D eigenvalue weighted by molar-refractivity contribution is 6.08. The highest BCUT2D eigenvalue weighted by atomic mass is 19.1. The number of carbonyl (C=O) groups excluding carboxylic acids is 1. The number of nitrogens with one attached hydrogen (secondary N) is 1. The van der Waals surface area contributed by atoms with Crippen LogP contribution in [0.1, 0.15) is 35.3 Å². The van der Waals surface area contributed by atoms with Gasteiger partial charge in [0.1, 0.15) is 5.82 Å². The van der Waals surface area contributed by atoms with Gasteiger partial charge in [0.15, 0.2) is 5.78 Å². The van der Waals surface area contributed by atoms with Gasteiger partial charge in [-0.15, -0.1) is 0 Å². The molecular weight excluding hydrogens is 277 g/mol. The Hall–Kier alpha value is -2.42. The van der Waals surface area contributed by atoms with Crippen molar-refractivity contribution in [1.29, 1.82) is 0 Å². The number of hydrogen-bond acceptors (Lipinski definition) is 2. The van der Waals surface area contributed by atoms with E-state index in [-0.39, 0.29) is 17.1 Å². The van der Waals surface area contributed by atoms with Gasteiger partial charge in [-0.3, -0.25) is 4.79 Å². The zero-order chi connectivity index (χ0) is 15.7. The molecule has 0 amide bonds. The minimum absolute atomic E-state index is 0.108. The fourth-order valence-corrected chi connectivity index (χ4v) is 2.83. The van der Waals surface area contributed by atoms with Crippen molar-refractivity contribution in [2.24, 2.45) is 0 Å². The molecule has 22 heavy (non-hydrogen) atoms. The van der Waals surface area contributed by atoms with Crippen molar-refractivity contribution in [1.82, 2.24) is 5.32 Å². The first-order chi connectivity index (χ1) is 10.4. The molecule has 0 spiro atoms. The van der Waals surface area contributed by atoms with Crippen LogP contribution in [0.2, 0.25) is 0 Å². The highest BCUT2D eigenvalue weighted by Crippen LogP contribution is 2.29. The topological polar surface area (TPSA) is 29.1 Å². The molecule has 0 atom stereocenters. The Balaban J connectivity index is 1.99. The summed E-state index contributed by atoms with van der Waals surface area (Å²) in [6.07, 6.45) is 2.51. The van der Waals surface area contributed by atoms with Crippen LogP contribution in [0.25, 0.3) is 5.70 Å². The lowest BCUT2D eigenvalue weighted by molar-refractivity contribution is 0.104. The van der Waals surface area contributed by atoms with Crippen LogP contribution < -0.4 is 5.32 Å². The molecule has 2 aromatic carbocycles. The van der Waals surface area contributed by atoms with Crippen molar-refractivity contribution in [2.75, 3.05) is 0 Å². The Morgan fingerprint density at radius 1 is 1.14 bits per heavy atom. The summed E-state index contributed by atoms with van der Waals surface area (Å²) in [5.41, 5.74) is 3.47. The zero-order valence-corrected chi connectivity index (χ0v) is 12.7. The summed E-state index contributed by atoms with van der Waals surface area (Å²) in [7, 11) is 0. The van der Waals surface area contributed by atoms with Crippen molar-refractivity contribution in [2.45, 2.75) is 25.8 Å². The largest absolute Gasteiger partial charge is 0.379 e. The first-order valence-corrected chi connectivity index (χ1v) is 7.33. The molecule has 3 heteroatoms. The van der Waals surface area contributed by atoms with Gasteiger partial charge in [-0.2, -0.15) is 0 Å². The highest BCUT2D eigenvalue weighted by Gasteiger charge is 2.27. The van der Waals surface area contributed by atoms with E-state index in [1.165, 1.54) is 29.8 Å². The van der Waals surface area contributed by atoms with Crippen LogP contribution in [0.4, 0.5) is 4.39 Å². The van der Waals surface area contributed by atoms with Gasteiger partial charge in [0.25, 0.3) is 0 Å². The maximum Gasteiger partial charge on any atom is 0.187 e. The lowest BCUT2D eigenvalue weighted by atomic mass is 9.85. The SMILES string of the molecule is CC1(C)Cc2ccccc2/C(=C\C(=O)c2ccc(F)cc2)N1. The molecule has 0 radical (unpaired) electrons. The fraction of sp³-hybridized carbons (Fsp3) is 0.211. The molecule has 112 valence electrons. The molecule has 0 saturated carbocycles. The Morgan fingerprint density at radius 3 is 2.55 bits per heavy atom. The smallest absolute Gasteiger partial charge is 0.187 e. The van der Waals surface area contributed by atoms with Gasteiger partial charge in [-0.05, 0) is 50.1 Å². The monoisotopic (exact) mass is 295 g/mol. The van der Waals surface area contributed by atoms with E-state index in [1.54, 1.807) is 6.08 Å². The van der Waals surface area contributed by atoms with E-state index >= 15 is 0 Å². The summed E-state index contributed by atoms with van der Waals surface area (Å²) in [4.78, 5) is 12.4. The quantitative estimate of drug-likeness (QED) is 0.671. The van der Waals surface area contributed by atoms with E-state index < -0.39 is 0 Å². The predicted octanol–water partition coefficient (Wildman–Crippen LogP) is 3.97. The second-order valence-electron chi connectivity index (χ2n) is 6.27. The molecule has 2 nitrogen and oxygen atoms in total. The van der Waals surface area contributed by atoms with Crippen molar-refractivity contribution in [3.63, 3.8) is 0 Å². The fourth-order valence-electron chi connectivity index (χ4n) is 2.83. The van der Waals surface area contributed by atoms with E-state index in [9.17, 15) is 9.18 Å². The van der Waals surface area contributed by atoms with Gasteiger partial charge >= 0.3 is 0 Å². The Kier molecular flexibility index (Phi) is 3.57. The van der Waals surface area contributed by atoms with Crippen LogP contribution in [0.5, 0.6) is 0 Å². The van der Waals surface area contributed by atoms with Gasteiger partial charge in [-0.25, -0.2) is 4.39 Å². The third-order valence-electron chi connectivity index (χ3n) is 3.82. The van der Waals surface area contributed by atoms with Gasteiger partial charge in [0.05, 0.1) is 0 Å². The number of rotatable bonds is 2.